The summed E-state index contributed by atoms with van der Waals surface area (Å²) in [6, 6.07) is 11.1. The fourth-order valence-corrected chi connectivity index (χ4v) is 1.98. The third kappa shape index (κ3) is 2.94. The van der Waals surface area contributed by atoms with Crippen LogP contribution in [0.2, 0.25) is 0 Å². The molecule has 0 saturated heterocycles. The largest absolute Gasteiger partial charge is 0.339 e. The number of aromatic nitrogens is 3. The molecule has 0 radical (unpaired) electrons. The number of anilines is 1. The number of amides is 1. The van der Waals surface area contributed by atoms with E-state index in [0.717, 1.165) is 16.8 Å². The normalized spacial score (nSPS) is 10.3. The number of para-hydroxylation sites is 1. The molecule has 1 amide bonds. The molecular weight excluding hydrogens is 268 g/mol. The van der Waals surface area contributed by atoms with Gasteiger partial charge >= 0.3 is 0 Å². The second-order valence-corrected chi connectivity index (χ2v) is 4.35. The van der Waals surface area contributed by atoms with Crippen LogP contribution in [-0.2, 0) is 11.2 Å². The van der Waals surface area contributed by atoms with Gasteiger partial charge in [0.25, 0.3) is 0 Å². The second kappa shape index (κ2) is 5.96. The van der Waals surface area contributed by atoms with Gasteiger partial charge in [-0.25, -0.2) is 0 Å². The summed E-state index contributed by atoms with van der Waals surface area (Å²) in [6.45, 7) is 0. The average Bonchev–Trinajstić information content (AvgIpc) is 2.99. The van der Waals surface area contributed by atoms with Crippen molar-refractivity contribution in [1.82, 2.24) is 15.1 Å². The van der Waals surface area contributed by atoms with Gasteiger partial charge in [-0.15, -0.1) is 0 Å². The monoisotopic (exact) mass is 280 g/mol. The summed E-state index contributed by atoms with van der Waals surface area (Å²) >= 11 is 0. The van der Waals surface area contributed by atoms with Gasteiger partial charge in [0, 0.05) is 23.6 Å². The summed E-state index contributed by atoms with van der Waals surface area (Å²) in [5.74, 6) is 0.980. The van der Waals surface area contributed by atoms with E-state index in [9.17, 15) is 4.79 Å². The van der Waals surface area contributed by atoms with Crippen molar-refractivity contribution in [2.75, 3.05) is 5.32 Å². The van der Waals surface area contributed by atoms with Crippen molar-refractivity contribution in [3.8, 4) is 11.4 Å². The number of carbonyl (C=O) groups excluding carboxylic acids is 1. The summed E-state index contributed by atoms with van der Waals surface area (Å²) in [5.41, 5.74) is 2.44. The van der Waals surface area contributed by atoms with Gasteiger partial charge in [0.05, 0.1) is 6.42 Å². The summed E-state index contributed by atoms with van der Waals surface area (Å²) in [7, 11) is 0. The highest BCUT2D eigenvalue weighted by Gasteiger charge is 2.11. The van der Waals surface area contributed by atoms with Gasteiger partial charge in [-0.1, -0.05) is 23.4 Å². The van der Waals surface area contributed by atoms with Gasteiger partial charge in [-0.05, 0) is 23.8 Å². The number of nitrogens with zero attached hydrogens (tertiary/aromatic N) is 3. The third-order valence-corrected chi connectivity index (χ3v) is 2.96. The molecular formula is C15H12N4O2. The first-order chi connectivity index (χ1) is 10.4. The Morgan fingerprint density at radius 2 is 2.10 bits per heavy atom. The van der Waals surface area contributed by atoms with Crippen LogP contribution in [0.3, 0.4) is 0 Å². The molecule has 2 heterocycles. The Morgan fingerprint density at radius 3 is 2.90 bits per heavy atom. The first-order valence-corrected chi connectivity index (χ1v) is 6.38. The first-order valence-electron chi connectivity index (χ1n) is 6.38. The molecule has 1 aromatic carbocycles. The van der Waals surface area contributed by atoms with E-state index in [-0.39, 0.29) is 0 Å². The molecule has 3 aromatic rings. The lowest BCUT2D eigenvalue weighted by molar-refractivity contribution is -0.105. The van der Waals surface area contributed by atoms with Gasteiger partial charge in [-0.2, -0.15) is 4.98 Å². The molecule has 0 fully saturated rings. The van der Waals surface area contributed by atoms with Gasteiger partial charge in [0.2, 0.25) is 18.1 Å². The fourth-order valence-electron chi connectivity index (χ4n) is 1.98. The summed E-state index contributed by atoms with van der Waals surface area (Å²) < 4.78 is 5.25. The Bertz CT molecular complexity index is 740. The van der Waals surface area contributed by atoms with Crippen LogP contribution < -0.4 is 5.32 Å². The van der Waals surface area contributed by atoms with E-state index >= 15 is 0 Å². The smallest absolute Gasteiger partial charge is 0.231 e. The van der Waals surface area contributed by atoms with E-state index in [1.807, 2.05) is 36.4 Å². The molecule has 0 saturated carbocycles. The standard InChI is InChI=1S/C15H12N4O2/c20-10-17-13-6-2-1-4-11(13)8-14-18-15(19-21-14)12-5-3-7-16-9-12/h1-7,9-10H,8H2,(H,17,20). The molecule has 0 atom stereocenters. The molecule has 21 heavy (non-hydrogen) atoms. The zero-order valence-electron chi connectivity index (χ0n) is 11.1. The Hall–Kier alpha value is -3.02. The molecule has 0 unspecified atom stereocenters. The highest BCUT2D eigenvalue weighted by molar-refractivity contribution is 5.73. The van der Waals surface area contributed by atoms with Crippen LogP contribution in [0, 0.1) is 0 Å². The first kappa shape index (κ1) is 13.0. The zero-order valence-corrected chi connectivity index (χ0v) is 11.1. The molecule has 1 N–H and O–H groups in total. The molecule has 104 valence electrons. The minimum atomic E-state index is 0.449. The lowest BCUT2D eigenvalue weighted by Crippen LogP contribution is -1.99. The van der Waals surface area contributed by atoms with E-state index < -0.39 is 0 Å². The summed E-state index contributed by atoms with van der Waals surface area (Å²) in [4.78, 5) is 19.0. The Kier molecular flexibility index (Phi) is 3.68. The predicted octanol–water partition coefficient (Wildman–Crippen LogP) is 2.29. The minimum Gasteiger partial charge on any atom is -0.339 e. The van der Waals surface area contributed by atoms with E-state index in [0.29, 0.717) is 24.5 Å². The number of hydrogen-bond donors (Lipinski definition) is 1. The summed E-state index contributed by atoms with van der Waals surface area (Å²) in [6.07, 6.45) is 4.46. The predicted molar refractivity (Wildman–Crippen MR) is 76.5 cm³/mol. The van der Waals surface area contributed by atoms with Crippen molar-refractivity contribution in [3.63, 3.8) is 0 Å². The molecule has 0 aliphatic heterocycles. The van der Waals surface area contributed by atoms with Crippen LogP contribution >= 0.6 is 0 Å². The second-order valence-electron chi connectivity index (χ2n) is 4.35. The van der Waals surface area contributed by atoms with Crippen molar-refractivity contribution in [2.45, 2.75) is 6.42 Å². The molecule has 6 heteroatoms. The van der Waals surface area contributed by atoms with Crippen LogP contribution in [0.15, 0.2) is 53.3 Å². The van der Waals surface area contributed by atoms with Crippen molar-refractivity contribution in [1.29, 1.82) is 0 Å². The number of rotatable bonds is 5. The van der Waals surface area contributed by atoms with Crippen LogP contribution in [-0.4, -0.2) is 21.5 Å². The molecule has 0 bridgehead atoms. The lowest BCUT2D eigenvalue weighted by atomic mass is 10.1. The van der Waals surface area contributed by atoms with Crippen LogP contribution in [0.1, 0.15) is 11.5 Å². The molecule has 6 nitrogen and oxygen atoms in total. The molecule has 0 aliphatic carbocycles. The summed E-state index contributed by atoms with van der Waals surface area (Å²) in [5, 5.41) is 6.60. The number of hydrogen-bond acceptors (Lipinski definition) is 5. The van der Waals surface area contributed by atoms with Crippen molar-refractivity contribution in [3.05, 3.63) is 60.2 Å². The maximum absolute atomic E-state index is 10.6. The number of carbonyl (C=O) groups is 1. The van der Waals surface area contributed by atoms with Gasteiger partial charge in [0.1, 0.15) is 0 Å². The van der Waals surface area contributed by atoms with Crippen molar-refractivity contribution < 1.29 is 9.32 Å². The SMILES string of the molecule is O=CNc1ccccc1Cc1nc(-c2cccnc2)no1. The van der Waals surface area contributed by atoms with Crippen molar-refractivity contribution in [2.24, 2.45) is 0 Å². The van der Waals surface area contributed by atoms with E-state index in [1.165, 1.54) is 0 Å². The van der Waals surface area contributed by atoms with E-state index in [1.54, 1.807) is 12.4 Å². The lowest BCUT2D eigenvalue weighted by Gasteiger charge is -2.04. The van der Waals surface area contributed by atoms with Crippen LogP contribution in [0.4, 0.5) is 5.69 Å². The van der Waals surface area contributed by atoms with Crippen LogP contribution in [0.25, 0.3) is 11.4 Å². The Labute approximate surface area is 120 Å². The molecule has 0 aliphatic rings. The van der Waals surface area contributed by atoms with Crippen molar-refractivity contribution >= 4 is 12.1 Å². The van der Waals surface area contributed by atoms with E-state index in [4.69, 9.17) is 4.52 Å². The Morgan fingerprint density at radius 1 is 1.19 bits per heavy atom. The topological polar surface area (TPSA) is 80.9 Å². The number of nitrogens with one attached hydrogen (secondary N) is 1. The van der Waals surface area contributed by atoms with Crippen LogP contribution in [0.5, 0.6) is 0 Å². The minimum absolute atomic E-state index is 0.449. The van der Waals surface area contributed by atoms with E-state index in [2.05, 4.69) is 20.4 Å². The molecule has 3 rings (SSSR count). The Balaban J connectivity index is 1.83. The number of benzene rings is 1. The fraction of sp³-hybridized carbons (Fsp3) is 0.0667. The third-order valence-electron chi connectivity index (χ3n) is 2.96. The number of pyridine rings is 1. The molecule has 0 spiro atoms. The van der Waals surface area contributed by atoms with Gasteiger partial charge in [-0.3, -0.25) is 9.78 Å². The highest BCUT2D eigenvalue weighted by atomic mass is 16.5. The maximum Gasteiger partial charge on any atom is 0.231 e. The molecule has 2 aromatic heterocycles. The average molecular weight is 280 g/mol. The quantitative estimate of drug-likeness (QED) is 0.725. The van der Waals surface area contributed by atoms with Gasteiger partial charge < -0.3 is 9.84 Å². The highest BCUT2D eigenvalue weighted by Crippen LogP contribution is 2.20. The zero-order chi connectivity index (χ0) is 14.5. The van der Waals surface area contributed by atoms with Gasteiger partial charge in [0.15, 0.2) is 0 Å². The maximum atomic E-state index is 10.6.